The van der Waals surface area contributed by atoms with Crippen molar-refractivity contribution in [2.75, 3.05) is 18.0 Å². The highest BCUT2D eigenvalue weighted by Gasteiger charge is 2.28. The van der Waals surface area contributed by atoms with Gasteiger partial charge in [0.05, 0.1) is 6.10 Å². The number of nitrogens with zero attached hydrogens (tertiary/aromatic N) is 3. The summed E-state index contributed by atoms with van der Waals surface area (Å²) in [5, 5.41) is 20.4. The van der Waals surface area contributed by atoms with E-state index in [1.807, 2.05) is 31.2 Å². The van der Waals surface area contributed by atoms with E-state index >= 15 is 0 Å². The predicted octanol–water partition coefficient (Wildman–Crippen LogP) is 2.49. The average molecular weight is 278 g/mol. The molecule has 2 unspecified atom stereocenters. The van der Waals surface area contributed by atoms with Crippen molar-refractivity contribution < 1.29 is 5.11 Å². The minimum Gasteiger partial charge on any atom is -0.393 e. The molecular weight excluding hydrogens is 262 g/mol. The monoisotopic (exact) mass is 277 g/mol. The molecule has 1 aromatic heterocycles. The zero-order chi connectivity index (χ0) is 13.4. The molecule has 19 heavy (non-hydrogen) atoms. The van der Waals surface area contributed by atoms with Crippen LogP contribution in [0.25, 0.3) is 10.8 Å². The van der Waals surface area contributed by atoms with Crippen molar-refractivity contribution in [1.82, 2.24) is 10.2 Å². The molecule has 1 saturated heterocycles. The van der Waals surface area contributed by atoms with Gasteiger partial charge >= 0.3 is 0 Å². The molecular formula is C14H16ClN3O. The zero-order valence-electron chi connectivity index (χ0n) is 10.8. The van der Waals surface area contributed by atoms with Crippen molar-refractivity contribution in [3.05, 3.63) is 29.4 Å². The van der Waals surface area contributed by atoms with Crippen LogP contribution in [0.5, 0.6) is 0 Å². The fourth-order valence-corrected chi connectivity index (χ4v) is 2.87. The van der Waals surface area contributed by atoms with Crippen molar-refractivity contribution in [1.29, 1.82) is 0 Å². The minimum absolute atomic E-state index is 0.281. The summed E-state index contributed by atoms with van der Waals surface area (Å²) in [5.74, 6) is 1.17. The van der Waals surface area contributed by atoms with E-state index in [9.17, 15) is 5.11 Å². The number of aromatic nitrogens is 2. The molecule has 0 aliphatic carbocycles. The maximum Gasteiger partial charge on any atom is 0.159 e. The molecule has 4 nitrogen and oxygen atoms in total. The highest BCUT2D eigenvalue weighted by molar-refractivity contribution is 6.34. The summed E-state index contributed by atoms with van der Waals surface area (Å²) in [6.07, 6.45) is 0.701. The van der Waals surface area contributed by atoms with E-state index in [-0.39, 0.29) is 6.10 Å². The average Bonchev–Trinajstić information content (AvgIpc) is 2.89. The highest BCUT2D eigenvalue weighted by atomic mass is 35.5. The fraction of sp³-hybridized carbons (Fsp3) is 0.429. The molecule has 0 radical (unpaired) electrons. The third kappa shape index (κ3) is 2.26. The van der Waals surface area contributed by atoms with Crippen LogP contribution in [0.1, 0.15) is 13.3 Å². The lowest BCUT2D eigenvalue weighted by Crippen LogP contribution is -2.25. The molecule has 0 saturated carbocycles. The number of aliphatic hydroxyl groups is 1. The van der Waals surface area contributed by atoms with E-state index in [1.54, 1.807) is 0 Å². The molecule has 0 spiro atoms. The molecule has 1 fully saturated rings. The molecule has 2 heterocycles. The van der Waals surface area contributed by atoms with Crippen LogP contribution in [-0.4, -0.2) is 34.5 Å². The topological polar surface area (TPSA) is 49.2 Å². The van der Waals surface area contributed by atoms with E-state index in [0.29, 0.717) is 11.1 Å². The molecule has 1 N–H and O–H groups in total. The first-order valence-electron chi connectivity index (χ1n) is 6.50. The fourth-order valence-electron chi connectivity index (χ4n) is 2.66. The molecule has 1 aliphatic rings. The Morgan fingerprint density at radius 3 is 2.74 bits per heavy atom. The minimum atomic E-state index is -0.281. The van der Waals surface area contributed by atoms with Crippen LogP contribution in [0, 0.1) is 5.92 Å². The van der Waals surface area contributed by atoms with Crippen molar-refractivity contribution in [3.8, 4) is 0 Å². The molecule has 0 amide bonds. The van der Waals surface area contributed by atoms with E-state index < -0.39 is 0 Å². The normalized spacial score (nSPS) is 21.0. The quantitative estimate of drug-likeness (QED) is 0.916. The van der Waals surface area contributed by atoms with Gasteiger partial charge < -0.3 is 10.0 Å². The maximum atomic E-state index is 9.69. The molecule has 2 aromatic rings. The summed E-state index contributed by atoms with van der Waals surface area (Å²) in [4.78, 5) is 2.18. The Kier molecular flexibility index (Phi) is 3.29. The summed E-state index contributed by atoms with van der Waals surface area (Å²) in [7, 11) is 0. The predicted molar refractivity (Wildman–Crippen MR) is 76.5 cm³/mol. The van der Waals surface area contributed by atoms with Crippen LogP contribution >= 0.6 is 11.6 Å². The van der Waals surface area contributed by atoms with Crippen LogP contribution in [0.15, 0.2) is 24.3 Å². The Bertz CT molecular complexity index is 602. The van der Waals surface area contributed by atoms with Crippen molar-refractivity contribution in [2.45, 2.75) is 19.4 Å². The Morgan fingerprint density at radius 1 is 1.32 bits per heavy atom. The molecule has 2 atom stereocenters. The lowest BCUT2D eigenvalue weighted by molar-refractivity contribution is 0.136. The second-order valence-corrected chi connectivity index (χ2v) is 5.45. The lowest BCUT2D eigenvalue weighted by atomic mass is 10.0. The van der Waals surface area contributed by atoms with Gasteiger partial charge in [-0.25, -0.2) is 0 Å². The van der Waals surface area contributed by atoms with Crippen LogP contribution in [0.3, 0.4) is 0 Å². The Balaban J connectivity index is 2.00. The number of fused-ring (bicyclic) bond motifs is 1. The van der Waals surface area contributed by atoms with Gasteiger partial charge in [-0.15, -0.1) is 10.2 Å². The first-order valence-corrected chi connectivity index (χ1v) is 6.88. The number of aliphatic hydroxyl groups excluding tert-OH is 1. The summed E-state index contributed by atoms with van der Waals surface area (Å²) in [5.41, 5.74) is 0. The van der Waals surface area contributed by atoms with Crippen LogP contribution < -0.4 is 4.90 Å². The van der Waals surface area contributed by atoms with Gasteiger partial charge in [0.15, 0.2) is 11.0 Å². The van der Waals surface area contributed by atoms with E-state index in [2.05, 4.69) is 15.1 Å². The van der Waals surface area contributed by atoms with Crippen molar-refractivity contribution >= 4 is 28.2 Å². The number of anilines is 1. The van der Waals surface area contributed by atoms with E-state index in [4.69, 9.17) is 11.6 Å². The largest absolute Gasteiger partial charge is 0.393 e. The SMILES string of the molecule is CC(O)C1CCN(c2nnc(Cl)c3ccccc23)C1. The Labute approximate surface area is 117 Å². The van der Waals surface area contributed by atoms with Gasteiger partial charge in [-0.1, -0.05) is 35.9 Å². The molecule has 3 rings (SSSR count). The van der Waals surface area contributed by atoms with Gasteiger partial charge in [-0.05, 0) is 13.3 Å². The van der Waals surface area contributed by atoms with Gasteiger partial charge in [0.25, 0.3) is 0 Å². The number of benzene rings is 1. The third-order valence-electron chi connectivity index (χ3n) is 3.83. The lowest BCUT2D eigenvalue weighted by Gasteiger charge is -2.19. The van der Waals surface area contributed by atoms with Gasteiger partial charge in [0.1, 0.15) is 0 Å². The summed E-state index contributed by atoms with van der Waals surface area (Å²) in [6.45, 7) is 3.56. The number of hydrogen-bond acceptors (Lipinski definition) is 4. The Morgan fingerprint density at radius 2 is 2.05 bits per heavy atom. The standard InChI is InChI=1S/C14H16ClN3O/c1-9(19)10-6-7-18(8-10)14-12-5-3-2-4-11(12)13(15)16-17-14/h2-5,9-10,19H,6-8H2,1H3. The summed E-state index contributed by atoms with van der Waals surface area (Å²) < 4.78 is 0. The number of halogens is 1. The number of rotatable bonds is 2. The molecule has 100 valence electrons. The van der Waals surface area contributed by atoms with Gasteiger partial charge in [-0.2, -0.15) is 0 Å². The second-order valence-electron chi connectivity index (χ2n) is 5.10. The second kappa shape index (κ2) is 4.94. The van der Waals surface area contributed by atoms with Crippen LogP contribution in [0.4, 0.5) is 5.82 Å². The summed E-state index contributed by atoms with van der Waals surface area (Å²) >= 11 is 6.08. The highest BCUT2D eigenvalue weighted by Crippen LogP contribution is 2.31. The van der Waals surface area contributed by atoms with Crippen LogP contribution in [0.2, 0.25) is 5.15 Å². The molecule has 1 aromatic carbocycles. The van der Waals surface area contributed by atoms with Gasteiger partial charge in [-0.3, -0.25) is 0 Å². The first-order chi connectivity index (χ1) is 9.16. The van der Waals surface area contributed by atoms with Crippen molar-refractivity contribution in [3.63, 3.8) is 0 Å². The van der Waals surface area contributed by atoms with Crippen molar-refractivity contribution in [2.24, 2.45) is 5.92 Å². The first kappa shape index (κ1) is 12.6. The van der Waals surface area contributed by atoms with E-state index in [0.717, 1.165) is 36.1 Å². The molecule has 1 aliphatic heterocycles. The van der Waals surface area contributed by atoms with E-state index in [1.165, 1.54) is 0 Å². The maximum absolute atomic E-state index is 9.69. The zero-order valence-corrected chi connectivity index (χ0v) is 11.5. The Hall–Kier alpha value is -1.39. The smallest absolute Gasteiger partial charge is 0.159 e. The van der Waals surface area contributed by atoms with Gasteiger partial charge in [0, 0.05) is 29.8 Å². The summed E-state index contributed by atoms with van der Waals surface area (Å²) in [6, 6.07) is 7.90. The third-order valence-corrected chi connectivity index (χ3v) is 4.11. The molecule has 5 heteroatoms. The number of hydrogen-bond donors (Lipinski definition) is 1. The van der Waals surface area contributed by atoms with Gasteiger partial charge in [0.2, 0.25) is 0 Å². The van der Waals surface area contributed by atoms with Crippen LogP contribution in [-0.2, 0) is 0 Å². The molecule has 0 bridgehead atoms.